The first kappa shape index (κ1) is 13.5. The Morgan fingerprint density at radius 3 is 2.91 bits per heavy atom. The summed E-state index contributed by atoms with van der Waals surface area (Å²) in [5.74, 6) is 1.53. The third-order valence-corrected chi connectivity index (χ3v) is 4.33. The van der Waals surface area contributed by atoms with Crippen molar-refractivity contribution in [1.29, 1.82) is 0 Å². The van der Waals surface area contributed by atoms with Gasteiger partial charge >= 0.3 is 5.31 Å². The van der Waals surface area contributed by atoms with E-state index in [4.69, 9.17) is 25.8 Å². The largest absolute Gasteiger partial charge is 0.454 e. The molecule has 1 atom stereocenters. The molecule has 0 spiro atoms. The minimum absolute atomic E-state index is 0.268. The molecule has 5 nitrogen and oxygen atoms in total. The van der Waals surface area contributed by atoms with Crippen LogP contribution in [0, 0.1) is 0 Å². The van der Waals surface area contributed by atoms with Gasteiger partial charge in [-0.15, -0.1) is 0 Å². The second-order valence-electron chi connectivity index (χ2n) is 5.18. The monoisotopic (exact) mass is 318 g/mol. The Hall–Kier alpha value is -2.11. The highest BCUT2D eigenvalue weighted by Gasteiger charge is 2.42. The van der Waals surface area contributed by atoms with Crippen LogP contribution in [0.2, 0.25) is 0 Å². The van der Waals surface area contributed by atoms with E-state index >= 15 is 0 Å². The maximum absolute atomic E-state index is 6.59. The smallest absolute Gasteiger partial charge is 0.302 e. The number of methoxy groups -OCH3 is 1. The van der Waals surface area contributed by atoms with Gasteiger partial charge in [0.2, 0.25) is 6.79 Å². The van der Waals surface area contributed by atoms with E-state index < -0.39 is 5.31 Å². The van der Waals surface area contributed by atoms with E-state index in [9.17, 15) is 0 Å². The highest BCUT2D eigenvalue weighted by molar-refractivity contribution is 6.26. The van der Waals surface area contributed by atoms with Crippen LogP contribution in [-0.2, 0) is 11.3 Å². The summed E-state index contributed by atoms with van der Waals surface area (Å²) in [6.07, 6.45) is 0. The van der Waals surface area contributed by atoms with Crippen LogP contribution in [0.4, 0.5) is 11.4 Å². The SMILES string of the molecule is COC1(Cl)Nc2ccccc2N1Cc1ccc2c(c1)OCO2. The number of hydrogen-bond acceptors (Lipinski definition) is 5. The summed E-state index contributed by atoms with van der Waals surface area (Å²) in [6, 6.07) is 13.8. The number of rotatable bonds is 3. The minimum atomic E-state index is -1.10. The van der Waals surface area contributed by atoms with Crippen LogP contribution >= 0.6 is 11.6 Å². The third-order valence-electron chi connectivity index (χ3n) is 3.88. The lowest BCUT2D eigenvalue weighted by Crippen LogP contribution is -2.47. The zero-order chi connectivity index (χ0) is 15.2. The van der Waals surface area contributed by atoms with E-state index in [0.717, 1.165) is 28.4 Å². The van der Waals surface area contributed by atoms with Gasteiger partial charge in [0.25, 0.3) is 0 Å². The number of ether oxygens (including phenoxy) is 3. The lowest BCUT2D eigenvalue weighted by atomic mass is 10.2. The molecule has 4 rings (SSSR count). The first-order valence-corrected chi connectivity index (χ1v) is 7.35. The molecule has 6 heteroatoms. The fraction of sp³-hybridized carbons (Fsp3) is 0.250. The summed E-state index contributed by atoms with van der Waals surface area (Å²) in [5.41, 5.74) is 3.00. The summed E-state index contributed by atoms with van der Waals surface area (Å²) in [6.45, 7) is 0.850. The van der Waals surface area contributed by atoms with Gasteiger partial charge in [0.05, 0.1) is 11.4 Å². The van der Waals surface area contributed by atoms with Crippen LogP contribution < -0.4 is 19.7 Å². The summed E-state index contributed by atoms with van der Waals surface area (Å²) < 4.78 is 16.3. The Labute approximate surface area is 133 Å². The Morgan fingerprint density at radius 1 is 1.23 bits per heavy atom. The van der Waals surface area contributed by atoms with Crippen LogP contribution in [0.1, 0.15) is 5.56 Å². The van der Waals surface area contributed by atoms with Crippen LogP contribution in [0.3, 0.4) is 0 Å². The van der Waals surface area contributed by atoms with Gasteiger partial charge in [0.15, 0.2) is 11.5 Å². The number of alkyl halides is 1. The van der Waals surface area contributed by atoms with Gasteiger partial charge < -0.3 is 24.4 Å². The number of anilines is 2. The van der Waals surface area contributed by atoms with Crippen molar-refractivity contribution < 1.29 is 14.2 Å². The topological polar surface area (TPSA) is 43.0 Å². The third kappa shape index (κ3) is 2.05. The molecule has 22 heavy (non-hydrogen) atoms. The van der Waals surface area contributed by atoms with Gasteiger partial charge in [-0.05, 0) is 41.4 Å². The van der Waals surface area contributed by atoms with Crippen LogP contribution in [-0.4, -0.2) is 19.2 Å². The summed E-state index contributed by atoms with van der Waals surface area (Å²) in [5, 5.41) is 2.10. The van der Waals surface area contributed by atoms with Crippen molar-refractivity contribution in [2.24, 2.45) is 0 Å². The Bertz CT molecular complexity index is 724. The van der Waals surface area contributed by atoms with Gasteiger partial charge in [-0.2, -0.15) is 0 Å². The molecule has 0 amide bonds. The molecule has 2 aliphatic rings. The molecule has 1 N–H and O–H groups in total. The number of benzene rings is 2. The zero-order valence-corrected chi connectivity index (χ0v) is 12.8. The van der Waals surface area contributed by atoms with Crippen molar-refractivity contribution >= 4 is 23.0 Å². The number of hydrogen-bond donors (Lipinski definition) is 1. The fourth-order valence-corrected chi connectivity index (χ4v) is 3.03. The molecule has 0 saturated carbocycles. The van der Waals surface area contributed by atoms with Crippen molar-refractivity contribution in [2.45, 2.75) is 11.9 Å². The highest BCUT2D eigenvalue weighted by Crippen LogP contribution is 2.43. The average Bonchev–Trinajstić information content (AvgIpc) is 3.11. The predicted molar refractivity (Wildman–Crippen MR) is 84.4 cm³/mol. The molecule has 0 aromatic heterocycles. The Balaban J connectivity index is 1.68. The Kier molecular flexibility index (Phi) is 3.06. The molecule has 2 aromatic rings. The van der Waals surface area contributed by atoms with Gasteiger partial charge in [0, 0.05) is 13.7 Å². The number of nitrogens with zero attached hydrogens (tertiary/aromatic N) is 1. The molecule has 2 aliphatic heterocycles. The van der Waals surface area contributed by atoms with E-state index in [1.165, 1.54) is 0 Å². The normalized spacial score (nSPS) is 21.6. The van der Waals surface area contributed by atoms with Crippen LogP contribution in [0.15, 0.2) is 42.5 Å². The van der Waals surface area contributed by atoms with Gasteiger partial charge in [-0.3, -0.25) is 0 Å². The van der Waals surface area contributed by atoms with Gasteiger partial charge in [-0.25, -0.2) is 0 Å². The van der Waals surface area contributed by atoms with Crippen molar-refractivity contribution in [3.63, 3.8) is 0 Å². The van der Waals surface area contributed by atoms with Crippen molar-refractivity contribution in [1.82, 2.24) is 0 Å². The standard InChI is InChI=1S/C16H15ClN2O3/c1-20-16(17)18-12-4-2-3-5-13(12)19(16)9-11-6-7-14-15(8-11)22-10-21-14/h2-8,18H,9-10H2,1H3. The number of para-hydroxylation sites is 2. The maximum atomic E-state index is 6.59. The van der Waals surface area contributed by atoms with E-state index in [1.807, 2.05) is 47.4 Å². The molecule has 0 aliphatic carbocycles. The molecule has 0 saturated heterocycles. The van der Waals surface area contributed by atoms with Crippen LogP contribution in [0.5, 0.6) is 11.5 Å². The molecule has 1 unspecified atom stereocenters. The van der Waals surface area contributed by atoms with Gasteiger partial charge in [-0.1, -0.05) is 18.2 Å². The second-order valence-corrected chi connectivity index (χ2v) is 5.69. The molecule has 2 aromatic carbocycles. The summed E-state index contributed by atoms with van der Waals surface area (Å²) >= 11 is 6.59. The first-order valence-electron chi connectivity index (χ1n) is 6.97. The Morgan fingerprint density at radius 2 is 2.05 bits per heavy atom. The molecule has 2 heterocycles. The molecule has 0 radical (unpaired) electrons. The molecular formula is C16H15ClN2O3. The minimum Gasteiger partial charge on any atom is -0.454 e. The van der Waals surface area contributed by atoms with Crippen molar-refractivity contribution in [3.05, 3.63) is 48.0 Å². The van der Waals surface area contributed by atoms with Crippen molar-refractivity contribution in [3.8, 4) is 11.5 Å². The van der Waals surface area contributed by atoms with Gasteiger partial charge in [0.1, 0.15) is 0 Å². The number of fused-ring (bicyclic) bond motifs is 2. The quantitative estimate of drug-likeness (QED) is 0.694. The lowest BCUT2D eigenvalue weighted by Gasteiger charge is -2.32. The average molecular weight is 319 g/mol. The maximum Gasteiger partial charge on any atom is 0.302 e. The molecule has 0 bridgehead atoms. The van der Waals surface area contributed by atoms with Crippen molar-refractivity contribution in [2.75, 3.05) is 24.1 Å². The fourth-order valence-electron chi connectivity index (χ4n) is 2.77. The summed E-state index contributed by atoms with van der Waals surface area (Å²) in [7, 11) is 1.58. The summed E-state index contributed by atoms with van der Waals surface area (Å²) in [4.78, 5) is 1.97. The number of nitrogens with one attached hydrogen (secondary N) is 1. The lowest BCUT2D eigenvalue weighted by molar-refractivity contribution is 0.0879. The molecule has 0 fully saturated rings. The molecule has 114 valence electrons. The van der Waals surface area contributed by atoms with E-state index in [0.29, 0.717) is 6.54 Å². The highest BCUT2D eigenvalue weighted by atomic mass is 35.5. The van der Waals surface area contributed by atoms with E-state index in [-0.39, 0.29) is 6.79 Å². The zero-order valence-electron chi connectivity index (χ0n) is 12.0. The molecular weight excluding hydrogens is 304 g/mol. The van der Waals surface area contributed by atoms with Crippen LogP contribution in [0.25, 0.3) is 0 Å². The second kappa shape index (κ2) is 4.97. The van der Waals surface area contributed by atoms with E-state index in [1.54, 1.807) is 7.11 Å². The van der Waals surface area contributed by atoms with E-state index in [2.05, 4.69) is 5.32 Å². The number of halogens is 1. The first-order chi connectivity index (χ1) is 10.7. The predicted octanol–water partition coefficient (Wildman–Crippen LogP) is 3.34.